The highest BCUT2D eigenvalue weighted by molar-refractivity contribution is 5.89. The average Bonchev–Trinajstić information content (AvgIpc) is 2.18. The van der Waals surface area contributed by atoms with Gasteiger partial charge in [0.1, 0.15) is 5.75 Å². The fourth-order valence-corrected chi connectivity index (χ4v) is 1.65. The molecule has 1 radical (unpaired) electrons. The molecule has 0 heterocycles. The summed E-state index contributed by atoms with van der Waals surface area (Å²) in [6.07, 6.45) is 0. The van der Waals surface area contributed by atoms with Gasteiger partial charge in [0, 0.05) is 10.9 Å². The van der Waals surface area contributed by atoms with Crippen molar-refractivity contribution in [2.24, 2.45) is 0 Å². The van der Waals surface area contributed by atoms with Crippen LogP contribution in [0.1, 0.15) is 25.3 Å². The lowest BCUT2D eigenvalue weighted by atomic mass is 9.98. The zero-order chi connectivity index (χ0) is 10.1. The minimum absolute atomic E-state index is 0.305. The van der Waals surface area contributed by atoms with E-state index in [1.165, 1.54) is 0 Å². The van der Waals surface area contributed by atoms with Gasteiger partial charge in [0.05, 0.1) is 0 Å². The number of phenols is 1. The van der Waals surface area contributed by atoms with Gasteiger partial charge in [0.2, 0.25) is 0 Å². The Bertz CT molecular complexity index is 458. The van der Waals surface area contributed by atoms with E-state index >= 15 is 0 Å². The first kappa shape index (κ1) is 9.07. The van der Waals surface area contributed by atoms with Crippen molar-refractivity contribution >= 4 is 10.8 Å². The van der Waals surface area contributed by atoms with Gasteiger partial charge in [-0.3, -0.25) is 0 Å². The van der Waals surface area contributed by atoms with Gasteiger partial charge in [0.25, 0.3) is 0 Å². The Morgan fingerprint density at radius 3 is 2.64 bits per heavy atom. The first-order valence-corrected chi connectivity index (χ1v) is 4.82. The first-order valence-electron chi connectivity index (χ1n) is 4.82. The van der Waals surface area contributed by atoms with Gasteiger partial charge < -0.3 is 5.11 Å². The summed E-state index contributed by atoms with van der Waals surface area (Å²) in [5.74, 6) is 0.678. The Kier molecular flexibility index (Phi) is 2.16. The Balaban J connectivity index is 2.75. The van der Waals surface area contributed by atoms with Crippen LogP contribution in [0.15, 0.2) is 30.3 Å². The third-order valence-electron chi connectivity index (χ3n) is 2.43. The third kappa shape index (κ3) is 1.35. The highest BCUT2D eigenvalue weighted by Crippen LogP contribution is 2.32. The fourth-order valence-electron chi connectivity index (χ4n) is 1.65. The number of rotatable bonds is 1. The molecule has 2 aromatic carbocycles. The van der Waals surface area contributed by atoms with Crippen LogP contribution in [0.25, 0.3) is 10.8 Å². The Hall–Kier alpha value is -1.50. The van der Waals surface area contributed by atoms with Gasteiger partial charge in [-0.2, -0.15) is 0 Å². The maximum Gasteiger partial charge on any atom is 0.127 e. The highest BCUT2D eigenvalue weighted by Gasteiger charge is 2.08. The van der Waals surface area contributed by atoms with Crippen LogP contribution in [-0.4, -0.2) is 5.11 Å². The van der Waals surface area contributed by atoms with Crippen LogP contribution in [0.3, 0.4) is 0 Å². The van der Waals surface area contributed by atoms with Gasteiger partial charge >= 0.3 is 0 Å². The largest absolute Gasteiger partial charge is 0.507 e. The SMILES string of the molecule is CC(C)c1[c]cc2ccccc2c1O. The summed E-state index contributed by atoms with van der Waals surface area (Å²) < 4.78 is 0. The van der Waals surface area contributed by atoms with E-state index in [9.17, 15) is 5.11 Å². The molecule has 0 spiro atoms. The van der Waals surface area contributed by atoms with Crippen LogP contribution < -0.4 is 0 Å². The van der Waals surface area contributed by atoms with Crippen molar-refractivity contribution in [2.75, 3.05) is 0 Å². The number of aromatic hydroxyl groups is 1. The predicted molar refractivity (Wildman–Crippen MR) is 58.5 cm³/mol. The quantitative estimate of drug-likeness (QED) is 0.721. The molecular formula is C13H13O. The summed E-state index contributed by atoms with van der Waals surface area (Å²) in [7, 11) is 0. The van der Waals surface area contributed by atoms with E-state index in [-0.39, 0.29) is 0 Å². The number of hydrogen-bond donors (Lipinski definition) is 1. The molecule has 0 atom stereocenters. The Labute approximate surface area is 84.0 Å². The maximum absolute atomic E-state index is 9.99. The second-order valence-electron chi connectivity index (χ2n) is 3.79. The number of fused-ring (bicyclic) bond motifs is 1. The second kappa shape index (κ2) is 3.33. The summed E-state index contributed by atoms with van der Waals surface area (Å²) in [4.78, 5) is 0. The van der Waals surface area contributed by atoms with E-state index < -0.39 is 0 Å². The molecule has 71 valence electrons. The van der Waals surface area contributed by atoms with Crippen LogP contribution in [-0.2, 0) is 0 Å². The number of hydrogen-bond acceptors (Lipinski definition) is 1. The molecule has 14 heavy (non-hydrogen) atoms. The van der Waals surface area contributed by atoms with Crippen molar-refractivity contribution in [3.05, 3.63) is 42.0 Å². The summed E-state index contributed by atoms with van der Waals surface area (Å²) in [6, 6.07) is 12.9. The smallest absolute Gasteiger partial charge is 0.127 e. The zero-order valence-electron chi connectivity index (χ0n) is 8.41. The standard InChI is InChI=1S/C13H13O/c1-9(2)11-8-7-10-5-3-4-6-12(10)13(11)14/h3-7,9,14H,1-2H3. The molecule has 1 heteroatoms. The monoisotopic (exact) mass is 185 g/mol. The Morgan fingerprint density at radius 1 is 1.21 bits per heavy atom. The van der Waals surface area contributed by atoms with Gasteiger partial charge in [-0.1, -0.05) is 38.1 Å². The van der Waals surface area contributed by atoms with Crippen molar-refractivity contribution in [1.29, 1.82) is 0 Å². The molecule has 0 saturated carbocycles. The summed E-state index contributed by atoms with van der Waals surface area (Å²) in [6.45, 7) is 4.11. The van der Waals surface area contributed by atoms with Crippen LogP contribution >= 0.6 is 0 Å². The molecular weight excluding hydrogens is 172 g/mol. The molecule has 2 rings (SSSR count). The van der Waals surface area contributed by atoms with E-state index in [4.69, 9.17) is 0 Å². The molecule has 1 N–H and O–H groups in total. The predicted octanol–water partition coefficient (Wildman–Crippen LogP) is 3.47. The molecule has 0 aromatic heterocycles. The lowest BCUT2D eigenvalue weighted by molar-refractivity contribution is 0.471. The minimum Gasteiger partial charge on any atom is -0.507 e. The maximum atomic E-state index is 9.99. The van der Waals surface area contributed by atoms with E-state index in [1.807, 2.05) is 30.3 Å². The van der Waals surface area contributed by atoms with Crippen molar-refractivity contribution < 1.29 is 5.11 Å². The number of phenolic OH excluding ortho intramolecular Hbond substituents is 1. The highest BCUT2D eigenvalue weighted by atomic mass is 16.3. The molecule has 1 nitrogen and oxygen atoms in total. The van der Waals surface area contributed by atoms with Crippen LogP contribution in [0, 0.1) is 6.07 Å². The fraction of sp³-hybridized carbons (Fsp3) is 0.231. The number of benzene rings is 2. The summed E-state index contributed by atoms with van der Waals surface area (Å²) in [5.41, 5.74) is 0.892. The lowest BCUT2D eigenvalue weighted by Gasteiger charge is -2.09. The van der Waals surface area contributed by atoms with Crippen molar-refractivity contribution in [3.8, 4) is 5.75 Å². The summed E-state index contributed by atoms with van der Waals surface area (Å²) in [5, 5.41) is 11.9. The zero-order valence-corrected chi connectivity index (χ0v) is 8.41. The van der Waals surface area contributed by atoms with Crippen LogP contribution in [0.2, 0.25) is 0 Å². The van der Waals surface area contributed by atoms with E-state index in [2.05, 4.69) is 19.9 Å². The second-order valence-corrected chi connectivity index (χ2v) is 3.79. The first-order chi connectivity index (χ1) is 6.70. The van der Waals surface area contributed by atoms with Crippen molar-refractivity contribution in [1.82, 2.24) is 0 Å². The van der Waals surface area contributed by atoms with Gasteiger partial charge in [-0.05, 0) is 23.4 Å². The summed E-state index contributed by atoms with van der Waals surface area (Å²) >= 11 is 0. The molecule has 0 unspecified atom stereocenters. The van der Waals surface area contributed by atoms with Crippen molar-refractivity contribution in [2.45, 2.75) is 19.8 Å². The van der Waals surface area contributed by atoms with E-state index in [0.717, 1.165) is 16.3 Å². The minimum atomic E-state index is 0.305. The van der Waals surface area contributed by atoms with Gasteiger partial charge in [0.15, 0.2) is 0 Å². The Morgan fingerprint density at radius 2 is 1.93 bits per heavy atom. The topological polar surface area (TPSA) is 20.2 Å². The average molecular weight is 185 g/mol. The van der Waals surface area contributed by atoms with Gasteiger partial charge in [-0.25, -0.2) is 0 Å². The molecule has 0 aliphatic heterocycles. The molecule has 0 aliphatic rings. The molecule has 0 aliphatic carbocycles. The third-order valence-corrected chi connectivity index (χ3v) is 2.43. The van der Waals surface area contributed by atoms with Crippen molar-refractivity contribution in [3.63, 3.8) is 0 Å². The van der Waals surface area contributed by atoms with E-state index in [0.29, 0.717) is 11.7 Å². The normalized spacial score (nSPS) is 11.1. The molecule has 0 amide bonds. The van der Waals surface area contributed by atoms with Crippen LogP contribution in [0.5, 0.6) is 5.75 Å². The van der Waals surface area contributed by atoms with Gasteiger partial charge in [-0.15, -0.1) is 0 Å². The van der Waals surface area contributed by atoms with Crippen LogP contribution in [0.4, 0.5) is 0 Å². The molecule has 0 fully saturated rings. The molecule has 2 aromatic rings. The molecule has 0 saturated heterocycles. The molecule has 0 bridgehead atoms. The lowest BCUT2D eigenvalue weighted by Crippen LogP contribution is -1.89. The van der Waals surface area contributed by atoms with E-state index in [1.54, 1.807) is 0 Å².